The van der Waals surface area contributed by atoms with E-state index in [4.69, 9.17) is 0 Å². The maximum atomic E-state index is 9.75. The van der Waals surface area contributed by atoms with Crippen LogP contribution < -0.4 is 4.57 Å². The molecule has 142 valence electrons. The molecule has 0 bridgehead atoms. The number of hydrogen-bond donors (Lipinski definition) is 0. The van der Waals surface area contributed by atoms with Gasteiger partial charge in [0.25, 0.3) is 0 Å². The minimum absolute atomic E-state index is 0.483. The van der Waals surface area contributed by atoms with E-state index in [1.54, 1.807) is 0 Å². The predicted octanol–water partition coefficient (Wildman–Crippen LogP) is 6.27. The van der Waals surface area contributed by atoms with Crippen molar-refractivity contribution in [3.05, 3.63) is 78.5 Å². The number of pyridine rings is 1. The number of nitrogens with zero attached hydrogens (tertiary/aromatic N) is 1. The Bertz CT molecular complexity index is 857. The summed E-state index contributed by atoms with van der Waals surface area (Å²) >= 11 is 0. The van der Waals surface area contributed by atoms with E-state index in [9.17, 15) is 17.3 Å². The second-order valence-electron chi connectivity index (χ2n) is 6.49. The maximum Gasteiger partial charge on any atom is 0.673 e. The van der Waals surface area contributed by atoms with Gasteiger partial charge in [-0.2, -0.15) is 4.57 Å². The van der Waals surface area contributed by atoms with Gasteiger partial charge in [-0.15, -0.1) is 0 Å². The summed E-state index contributed by atoms with van der Waals surface area (Å²) in [6.07, 6.45) is 0. The van der Waals surface area contributed by atoms with Crippen LogP contribution in [0.1, 0.15) is 25.5 Å². The molecule has 0 fully saturated rings. The SMILES string of the molecule is CC(C)c1cc(-c2ccccc2)cc(-c2ccccc2)[n+]1C.F[B-](F)(F)F. The highest BCUT2D eigenvalue weighted by Gasteiger charge is 2.21. The van der Waals surface area contributed by atoms with E-state index < -0.39 is 7.25 Å². The molecule has 0 unspecified atom stereocenters. The first-order chi connectivity index (χ1) is 12.7. The predicted molar refractivity (Wildman–Crippen MR) is 103 cm³/mol. The van der Waals surface area contributed by atoms with Crippen LogP contribution in [0.15, 0.2) is 72.8 Å². The van der Waals surface area contributed by atoms with Gasteiger partial charge >= 0.3 is 7.25 Å². The Labute approximate surface area is 157 Å². The van der Waals surface area contributed by atoms with Gasteiger partial charge in [0.05, 0.1) is 0 Å². The van der Waals surface area contributed by atoms with Crippen LogP contribution in [-0.2, 0) is 7.05 Å². The minimum atomic E-state index is -6.00. The van der Waals surface area contributed by atoms with Crippen molar-refractivity contribution >= 4 is 7.25 Å². The lowest BCUT2D eigenvalue weighted by molar-refractivity contribution is -0.669. The van der Waals surface area contributed by atoms with Gasteiger partial charge in [0.1, 0.15) is 7.05 Å². The van der Waals surface area contributed by atoms with Crippen LogP contribution in [0, 0.1) is 0 Å². The minimum Gasteiger partial charge on any atom is -0.418 e. The van der Waals surface area contributed by atoms with Crippen molar-refractivity contribution in [1.82, 2.24) is 0 Å². The summed E-state index contributed by atoms with van der Waals surface area (Å²) in [5.74, 6) is 0.483. The molecule has 0 saturated heterocycles. The summed E-state index contributed by atoms with van der Waals surface area (Å²) in [5.41, 5.74) is 6.40. The van der Waals surface area contributed by atoms with Gasteiger partial charge in [-0.05, 0) is 23.3 Å². The number of benzene rings is 2. The Morgan fingerprint density at radius 1 is 0.704 bits per heavy atom. The fourth-order valence-electron chi connectivity index (χ4n) is 2.92. The summed E-state index contributed by atoms with van der Waals surface area (Å²) in [7, 11) is -3.84. The first-order valence-corrected chi connectivity index (χ1v) is 8.69. The van der Waals surface area contributed by atoms with Gasteiger partial charge in [-0.25, -0.2) is 0 Å². The molecule has 6 heteroatoms. The van der Waals surface area contributed by atoms with E-state index in [0.717, 1.165) is 0 Å². The van der Waals surface area contributed by atoms with Gasteiger partial charge in [-0.3, -0.25) is 0 Å². The van der Waals surface area contributed by atoms with Gasteiger partial charge < -0.3 is 17.3 Å². The highest BCUT2D eigenvalue weighted by atomic mass is 19.5. The molecular weight excluding hydrogens is 353 g/mol. The zero-order chi connectivity index (χ0) is 20.0. The fourth-order valence-corrected chi connectivity index (χ4v) is 2.92. The van der Waals surface area contributed by atoms with E-state index in [1.807, 2.05) is 0 Å². The molecule has 1 aromatic heterocycles. The van der Waals surface area contributed by atoms with Gasteiger partial charge in [0.2, 0.25) is 5.69 Å². The van der Waals surface area contributed by atoms with Crippen LogP contribution in [0.4, 0.5) is 17.3 Å². The largest absolute Gasteiger partial charge is 0.673 e. The molecule has 0 amide bonds. The average Bonchev–Trinajstić information content (AvgIpc) is 2.62. The van der Waals surface area contributed by atoms with E-state index in [1.165, 1.54) is 28.1 Å². The molecule has 1 nitrogen and oxygen atoms in total. The monoisotopic (exact) mass is 375 g/mol. The third kappa shape index (κ3) is 6.24. The molecule has 0 aliphatic rings. The second-order valence-corrected chi connectivity index (χ2v) is 6.49. The van der Waals surface area contributed by atoms with Crippen molar-refractivity contribution < 1.29 is 21.8 Å². The molecule has 3 rings (SSSR count). The number of aromatic nitrogens is 1. The van der Waals surface area contributed by atoms with Crippen molar-refractivity contribution in [2.24, 2.45) is 7.05 Å². The smallest absolute Gasteiger partial charge is 0.418 e. The summed E-state index contributed by atoms with van der Waals surface area (Å²) in [6, 6.07) is 25.8. The van der Waals surface area contributed by atoms with Gasteiger partial charge in [0, 0.05) is 23.6 Å². The summed E-state index contributed by atoms with van der Waals surface area (Å²) < 4.78 is 41.3. The first-order valence-electron chi connectivity index (χ1n) is 8.69. The quantitative estimate of drug-likeness (QED) is 0.289. The van der Waals surface area contributed by atoms with Crippen molar-refractivity contribution in [3.63, 3.8) is 0 Å². The first kappa shape index (κ1) is 20.7. The lowest BCUT2D eigenvalue weighted by Gasteiger charge is -2.11. The summed E-state index contributed by atoms with van der Waals surface area (Å²) in [6.45, 7) is 4.50. The number of halogens is 4. The van der Waals surface area contributed by atoms with E-state index in [0.29, 0.717) is 5.92 Å². The molecule has 0 aliphatic carbocycles. The van der Waals surface area contributed by atoms with Crippen molar-refractivity contribution in [2.45, 2.75) is 19.8 Å². The highest BCUT2D eigenvalue weighted by molar-refractivity contribution is 6.50. The molecule has 0 atom stereocenters. The number of rotatable bonds is 3. The van der Waals surface area contributed by atoms with Crippen LogP contribution in [0.2, 0.25) is 0 Å². The van der Waals surface area contributed by atoms with Crippen LogP contribution in [0.3, 0.4) is 0 Å². The maximum absolute atomic E-state index is 9.75. The Morgan fingerprint density at radius 3 is 1.59 bits per heavy atom. The van der Waals surface area contributed by atoms with Gasteiger partial charge in [-0.1, -0.05) is 62.4 Å². The fraction of sp³-hybridized carbons (Fsp3) is 0.190. The second kappa shape index (κ2) is 8.84. The average molecular weight is 375 g/mol. The topological polar surface area (TPSA) is 3.88 Å². The zero-order valence-electron chi connectivity index (χ0n) is 15.5. The Morgan fingerprint density at radius 2 is 1.15 bits per heavy atom. The summed E-state index contributed by atoms with van der Waals surface area (Å²) in [5, 5.41) is 0. The third-order valence-corrected chi connectivity index (χ3v) is 4.11. The normalized spacial score (nSPS) is 11.1. The van der Waals surface area contributed by atoms with Crippen LogP contribution in [-0.4, -0.2) is 7.25 Å². The molecule has 0 radical (unpaired) electrons. The van der Waals surface area contributed by atoms with Crippen LogP contribution in [0.25, 0.3) is 22.4 Å². The van der Waals surface area contributed by atoms with Crippen LogP contribution in [0.5, 0.6) is 0 Å². The molecule has 27 heavy (non-hydrogen) atoms. The van der Waals surface area contributed by atoms with E-state index in [-0.39, 0.29) is 0 Å². The van der Waals surface area contributed by atoms with Gasteiger partial charge in [0.15, 0.2) is 5.69 Å². The Kier molecular flexibility index (Phi) is 6.78. The molecule has 0 spiro atoms. The molecule has 0 N–H and O–H groups in total. The Hall–Kier alpha value is -2.63. The molecule has 1 heterocycles. The van der Waals surface area contributed by atoms with E-state index in [2.05, 4.69) is 98.3 Å². The number of hydrogen-bond acceptors (Lipinski definition) is 0. The molecule has 2 aromatic carbocycles. The van der Waals surface area contributed by atoms with Crippen molar-refractivity contribution in [1.29, 1.82) is 0 Å². The zero-order valence-corrected chi connectivity index (χ0v) is 15.5. The van der Waals surface area contributed by atoms with E-state index >= 15 is 0 Å². The molecule has 0 aliphatic heterocycles. The standard InChI is InChI=1S/C21H22N.BF4/c1-16(2)20-14-19(17-10-6-4-7-11-17)15-21(22(20)3)18-12-8-5-9-13-18;2-1(3,4)5/h4-16H,1-3H3;/q+1;-1. The van der Waals surface area contributed by atoms with Crippen molar-refractivity contribution in [3.8, 4) is 22.4 Å². The highest BCUT2D eigenvalue weighted by Crippen LogP contribution is 2.27. The van der Waals surface area contributed by atoms with Crippen LogP contribution >= 0.6 is 0 Å². The Balaban J connectivity index is 0.000000465. The molecular formula is C21H22BF4N. The lowest BCUT2D eigenvalue weighted by Crippen LogP contribution is -2.37. The van der Waals surface area contributed by atoms with Crippen molar-refractivity contribution in [2.75, 3.05) is 0 Å². The lowest BCUT2D eigenvalue weighted by atomic mass is 9.98. The molecule has 0 saturated carbocycles. The summed E-state index contributed by atoms with van der Waals surface area (Å²) in [4.78, 5) is 0. The molecule has 3 aromatic rings. The third-order valence-electron chi connectivity index (χ3n) is 4.11.